The lowest BCUT2D eigenvalue weighted by Gasteiger charge is -2.23. The molecule has 1 aliphatic rings. The summed E-state index contributed by atoms with van der Waals surface area (Å²) in [5.41, 5.74) is 1.03. The summed E-state index contributed by atoms with van der Waals surface area (Å²) >= 11 is 0. The van der Waals surface area contributed by atoms with E-state index in [9.17, 15) is 13.2 Å². The minimum Gasteiger partial charge on any atom is -0.335 e. The number of hydrogen-bond acceptors (Lipinski definition) is 3. The van der Waals surface area contributed by atoms with Crippen molar-refractivity contribution < 1.29 is 13.2 Å². The van der Waals surface area contributed by atoms with Crippen LogP contribution >= 0.6 is 0 Å². The molecule has 104 valence electrons. The number of nitrogens with one attached hydrogen (secondary N) is 2. The van der Waals surface area contributed by atoms with Crippen LogP contribution in [0.2, 0.25) is 0 Å². The molecule has 19 heavy (non-hydrogen) atoms. The van der Waals surface area contributed by atoms with Crippen LogP contribution in [0, 0.1) is 0 Å². The molecule has 2 amide bonds. The Bertz CT molecular complexity index is 514. The molecule has 0 aliphatic carbocycles. The zero-order chi connectivity index (χ0) is 13.7. The van der Waals surface area contributed by atoms with Gasteiger partial charge >= 0.3 is 6.03 Å². The van der Waals surface area contributed by atoms with Gasteiger partial charge in [0.15, 0.2) is 0 Å². The van der Waals surface area contributed by atoms with Crippen LogP contribution in [-0.4, -0.2) is 32.0 Å². The van der Waals surface area contributed by atoms with Crippen LogP contribution in [0.4, 0.5) is 4.79 Å². The highest BCUT2D eigenvalue weighted by atomic mass is 32.2. The van der Waals surface area contributed by atoms with Crippen LogP contribution < -0.4 is 10.6 Å². The average Bonchev–Trinajstić information content (AvgIpc) is 2.40. The number of urea groups is 1. The Labute approximate surface area is 113 Å². The second-order valence-corrected chi connectivity index (χ2v) is 7.04. The Morgan fingerprint density at radius 2 is 1.79 bits per heavy atom. The lowest BCUT2D eigenvalue weighted by molar-refractivity contribution is 0.235. The molecule has 6 heteroatoms. The van der Waals surface area contributed by atoms with Gasteiger partial charge in [-0.3, -0.25) is 0 Å². The summed E-state index contributed by atoms with van der Waals surface area (Å²) in [7, 11) is -2.88. The molecular formula is C13H18N2O3S. The van der Waals surface area contributed by atoms with Crippen LogP contribution in [0.1, 0.15) is 18.4 Å². The molecule has 1 fully saturated rings. The molecule has 0 spiro atoms. The van der Waals surface area contributed by atoms with E-state index in [1.807, 2.05) is 30.3 Å². The van der Waals surface area contributed by atoms with Crippen LogP contribution in [-0.2, 0) is 16.4 Å². The van der Waals surface area contributed by atoms with Crippen molar-refractivity contribution >= 4 is 15.9 Å². The van der Waals surface area contributed by atoms with Crippen molar-refractivity contribution in [3.63, 3.8) is 0 Å². The van der Waals surface area contributed by atoms with E-state index in [0.717, 1.165) is 5.56 Å². The molecular weight excluding hydrogens is 264 g/mol. The third-order valence-electron chi connectivity index (χ3n) is 3.19. The van der Waals surface area contributed by atoms with Gasteiger partial charge in [-0.25, -0.2) is 13.2 Å². The average molecular weight is 282 g/mol. The van der Waals surface area contributed by atoms with E-state index in [2.05, 4.69) is 10.6 Å². The first-order valence-corrected chi connectivity index (χ1v) is 8.16. The highest BCUT2D eigenvalue weighted by Crippen LogP contribution is 2.11. The maximum absolute atomic E-state index is 11.7. The molecule has 0 aromatic heterocycles. The number of amides is 2. The van der Waals surface area contributed by atoms with Gasteiger partial charge in [-0.1, -0.05) is 30.3 Å². The Morgan fingerprint density at radius 3 is 2.42 bits per heavy atom. The summed E-state index contributed by atoms with van der Waals surface area (Å²) in [4.78, 5) is 11.7. The predicted molar refractivity (Wildman–Crippen MR) is 73.5 cm³/mol. The molecule has 2 rings (SSSR count). The van der Waals surface area contributed by atoms with E-state index in [1.165, 1.54) is 0 Å². The van der Waals surface area contributed by atoms with Crippen LogP contribution in [0.3, 0.4) is 0 Å². The summed E-state index contributed by atoms with van der Waals surface area (Å²) in [6.07, 6.45) is 1.00. The molecule has 0 unspecified atom stereocenters. The van der Waals surface area contributed by atoms with Crippen molar-refractivity contribution in [3.8, 4) is 0 Å². The number of hydrogen-bond donors (Lipinski definition) is 2. The standard InChI is InChI=1S/C13H18N2O3S/c16-13(14-10-11-4-2-1-3-5-11)15-12-6-8-19(17,18)9-7-12/h1-5,12H,6-10H2,(H2,14,15,16). The van der Waals surface area contributed by atoms with Gasteiger partial charge in [0.1, 0.15) is 9.84 Å². The number of rotatable bonds is 3. The molecule has 1 saturated heterocycles. The molecule has 5 nitrogen and oxygen atoms in total. The maximum Gasteiger partial charge on any atom is 0.315 e. The van der Waals surface area contributed by atoms with Crippen LogP contribution in [0.25, 0.3) is 0 Å². The smallest absolute Gasteiger partial charge is 0.315 e. The summed E-state index contributed by atoms with van der Waals surface area (Å²) in [6.45, 7) is 0.470. The number of carbonyl (C=O) groups is 1. The first kappa shape index (κ1) is 13.9. The van der Waals surface area contributed by atoms with E-state index >= 15 is 0 Å². The normalized spacial score (nSPS) is 18.7. The lowest BCUT2D eigenvalue weighted by Crippen LogP contribution is -2.45. The largest absolute Gasteiger partial charge is 0.335 e. The van der Waals surface area contributed by atoms with Gasteiger partial charge in [0.2, 0.25) is 0 Å². The third-order valence-corrected chi connectivity index (χ3v) is 4.90. The maximum atomic E-state index is 11.7. The summed E-state index contributed by atoms with van der Waals surface area (Å²) in [5, 5.41) is 5.58. The van der Waals surface area contributed by atoms with E-state index in [4.69, 9.17) is 0 Å². The molecule has 0 bridgehead atoms. The van der Waals surface area contributed by atoms with Crippen LogP contribution in [0.15, 0.2) is 30.3 Å². The van der Waals surface area contributed by atoms with Crippen molar-refractivity contribution in [1.82, 2.24) is 10.6 Å². The fourth-order valence-corrected chi connectivity index (χ4v) is 3.54. The molecule has 1 heterocycles. The number of sulfone groups is 1. The quantitative estimate of drug-likeness (QED) is 0.870. The first-order valence-electron chi connectivity index (χ1n) is 6.34. The number of benzene rings is 1. The van der Waals surface area contributed by atoms with Crippen molar-refractivity contribution in [2.45, 2.75) is 25.4 Å². The number of carbonyl (C=O) groups excluding carboxylic acids is 1. The molecule has 0 atom stereocenters. The fourth-order valence-electron chi connectivity index (χ4n) is 2.05. The topological polar surface area (TPSA) is 75.3 Å². The zero-order valence-corrected chi connectivity index (χ0v) is 11.4. The van der Waals surface area contributed by atoms with E-state index < -0.39 is 9.84 Å². The first-order chi connectivity index (χ1) is 9.05. The van der Waals surface area contributed by atoms with Gasteiger partial charge in [0.05, 0.1) is 11.5 Å². The minimum atomic E-state index is -2.88. The summed E-state index contributed by atoms with van der Waals surface area (Å²) in [5.74, 6) is 0.327. The highest BCUT2D eigenvalue weighted by Gasteiger charge is 2.24. The highest BCUT2D eigenvalue weighted by molar-refractivity contribution is 7.91. The summed E-state index contributed by atoms with van der Waals surface area (Å²) in [6, 6.07) is 9.35. The van der Waals surface area contributed by atoms with Crippen LogP contribution in [0.5, 0.6) is 0 Å². The van der Waals surface area contributed by atoms with Crippen molar-refractivity contribution in [2.24, 2.45) is 0 Å². The minimum absolute atomic E-state index is 0.0423. The van der Waals surface area contributed by atoms with E-state index in [0.29, 0.717) is 19.4 Å². The van der Waals surface area contributed by atoms with Gasteiger partial charge in [-0.15, -0.1) is 0 Å². The second-order valence-electron chi connectivity index (χ2n) is 4.74. The molecule has 1 aliphatic heterocycles. The van der Waals surface area contributed by atoms with E-state index in [-0.39, 0.29) is 23.6 Å². The Kier molecular flexibility index (Phi) is 4.42. The van der Waals surface area contributed by atoms with Gasteiger partial charge in [0.25, 0.3) is 0 Å². The molecule has 0 saturated carbocycles. The molecule has 0 radical (unpaired) electrons. The Morgan fingerprint density at radius 1 is 1.16 bits per heavy atom. The lowest BCUT2D eigenvalue weighted by atomic mass is 10.1. The SMILES string of the molecule is O=C(NCc1ccccc1)NC1CCS(=O)(=O)CC1. The van der Waals surface area contributed by atoms with Gasteiger partial charge in [-0.2, -0.15) is 0 Å². The van der Waals surface area contributed by atoms with Crippen molar-refractivity contribution in [3.05, 3.63) is 35.9 Å². The summed E-state index contributed by atoms with van der Waals surface area (Å²) < 4.78 is 22.5. The zero-order valence-electron chi connectivity index (χ0n) is 10.6. The molecule has 2 N–H and O–H groups in total. The predicted octanol–water partition coefficient (Wildman–Crippen LogP) is 1.06. The Balaban J connectivity index is 1.73. The molecule has 1 aromatic rings. The van der Waals surface area contributed by atoms with Gasteiger partial charge < -0.3 is 10.6 Å². The second kappa shape index (κ2) is 6.06. The van der Waals surface area contributed by atoms with Crippen molar-refractivity contribution in [1.29, 1.82) is 0 Å². The fraction of sp³-hybridized carbons (Fsp3) is 0.462. The van der Waals surface area contributed by atoms with Crippen molar-refractivity contribution in [2.75, 3.05) is 11.5 Å². The van der Waals surface area contributed by atoms with Gasteiger partial charge in [-0.05, 0) is 18.4 Å². The van der Waals surface area contributed by atoms with Gasteiger partial charge in [0, 0.05) is 12.6 Å². The Hall–Kier alpha value is -1.56. The molecule has 1 aromatic carbocycles. The third kappa shape index (κ3) is 4.55. The van der Waals surface area contributed by atoms with E-state index in [1.54, 1.807) is 0 Å². The monoisotopic (exact) mass is 282 g/mol.